The monoisotopic (exact) mass is 558 g/mol. The molecule has 0 amide bonds. The van der Waals surface area contributed by atoms with E-state index in [0.717, 1.165) is 53.9 Å². The molecule has 0 radical (unpaired) electrons. The second-order valence-electron chi connectivity index (χ2n) is 9.49. The van der Waals surface area contributed by atoms with Crippen molar-refractivity contribution in [1.29, 1.82) is 0 Å². The third-order valence-corrected chi connectivity index (χ3v) is 6.89. The molecule has 0 heterocycles. The van der Waals surface area contributed by atoms with Gasteiger partial charge >= 0.3 is 0 Å². The number of hydrogen-bond donors (Lipinski definition) is 0. The molecule has 7 heteroatoms. The Kier molecular flexibility index (Phi) is 10.2. The molecule has 0 aliphatic heterocycles. The first kappa shape index (κ1) is 29.5. The topological polar surface area (TPSA) is 64.6 Å². The van der Waals surface area contributed by atoms with Gasteiger partial charge in [-0.2, -0.15) is 0 Å². The Morgan fingerprint density at radius 3 is 1.54 bits per heavy atom. The van der Waals surface area contributed by atoms with E-state index in [-0.39, 0.29) is 0 Å². The Balaban J connectivity index is 1.52. The summed E-state index contributed by atoms with van der Waals surface area (Å²) in [5.74, 6) is 5.44. The van der Waals surface area contributed by atoms with Gasteiger partial charge in [-0.3, -0.25) is 0 Å². The van der Waals surface area contributed by atoms with Crippen molar-refractivity contribution in [3.05, 3.63) is 95.1 Å². The largest absolute Gasteiger partial charge is 0.497 e. The Bertz CT molecular complexity index is 1420. The van der Waals surface area contributed by atoms with Gasteiger partial charge in [0.05, 0.1) is 42.7 Å². The smallest absolute Gasteiger partial charge is 0.203 e. The van der Waals surface area contributed by atoms with Crippen LogP contribution in [-0.2, 0) is 25.7 Å². The lowest BCUT2D eigenvalue weighted by Gasteiger charge is -2.15. The van der Waals surface area contributed by atoms with Gasteiger partial charge in [-0.1, -0.05) is 18.2 Å². The SMILES string of the molecule is COc1cccc(CCc2cc(OC)cc(Oc3cc(CCc4cc(OC)c(OC)c(OC)c4)ccc3OC)c2)c1. The minimum atomic E-state index is 0.583. The van der Waals surface area contributed by atoms with Gasteiger partial charge < -0.3 is 33.2 Å². The van der Waals surface area contributed by atoms with Gasteiger partial charge in [-0.05, 0) is 96.5 Å². The van der Waals surface area contributed by atoms with E-state index in [0.29, 0.717) is 34.5 Å². The highest BCUT2D eigenvalue weighted by molar-refractivity contribution is 5.54. The molecule has 41 heavy (non-hydrogen) atoms. The summed E-state index contributed by atoms with van der Waals surface area (Å²) in [6.07, 6.45) is 3.25. The molecule has 4 aromatic rings. The van der Waals surface area contributed by atoms with Gasteiger partial charge in [-0.15, -0.1) is 0 Å². The lowest BCUT2D eigenvalue weighted by Crippen LogP contribution is -1.99. The van der Waals surface area contributed by atoms with Crippen molar-refractivity contribution in [2.75, 3.05) is 42.7 Å². The molecule has 0 N–H and O–H groups in total. The van der Waals surface area contributed by atoms with E-state index in [1.807, 2.05) is 54.6 Å². The number of rotatable bonds is 14. The molecule has 0 saturated carbocycles. The summed E-state index contributed by atoms with van der Waals surface area (Å²) in [5, 5.41) is 0. The summed E-state index contributed by atoms with van der Waals surface area (Å²) in [7, 11) is 9.83. The molecule has 0 aliphatic rings. The fraction of sp³-hybridized carbons (Fsp3) is 0.294. The van der Waals surface area contributed by atoms with Crippen molar-refractivity contribution in [3.63, 3.8) is 0 Å². The summed E-state index contributed by atoms with van der Waals surface area (Å²) >= 11 is 0. The van der Waals surface area contributed by atoms with Crippen molar-refractivity contribution in [3.8, 4) is 46.0 Å². The summed E-state index contributed by atoms with van der Waals surface area (Å²) in [6.45, 7) is 0. The Morgan fingerprint density at radius 1 is 0.390 bits per heavy atom. The average Bonchev–Trinajstić information content (AvgIpc) is 3.02. The molecule has 4 rings (SSSR count). The molecule has 0 fully saturated rings. The Morgan fingerprint density at radius 2 is 0.927 bits per heavy atom. The van der Waals surface area contributed by atoms with Crippen molar-refractivity contribution in [2.45, 2.75) is 25.7 Å². The molecule has 216 valence electrons. The summed E-state index contributed by atoms with van der Waals surface area (Å²) in [4.78, 5) is 0. The maximum Gasteiger partial charge on any atom is 0.203 e. The summed E-state index contributed by atoms with van der Waals surface area (Å²) in [5.41, 5.74) is 4.50. The van der Waals surface area contributed by atoms with Crippen LogP contribution in [0.25, 0.3) is 0 Å². The molecule has 0 aliphatic carbocycles. The third kappa shape index (κ3) is 7.57. The Hall–Kier alpha value is -4.52. The molecule has 0 bridgehead atoms. The van der Waals surface area contributed by atoms with E-state index in [4.69, 9.17) is 33.2 Å². The van der Waals surface area contributed by atoms with Crippen LogP contribution in [-0.4, -0.2) is 42.7 Å². The van der Waals surface area contributed by atoms with Crippen LogP contribution in [0.5, 0.6) is 46.0 Å². The number of ether oxygens (including phenoxy) is 7. The van der Waals surface area contributed by atoms with Gasteiger partial charge in [0.25, 0.3) is 0 Å². The Labute approximate surface area is 242 Å². The standard InChI is InChI=1S/C34H38O7/c1-35-27-9-7-8-23(16-27)10-12-25-17-28(36-2)22-29(18-25)41-31-19-24(14-15-30(31)37-3)11-13-26-20-32(38-4)34(40-6)33(21-26)39-5/h7-9,14-22H,10-13H2,1-6H3. The fourth-order valence-corrected chi connectivity index (χ4v) is 4.72. The summed E-state index contributed by atoms with van der Waals surface area (Å²) in [6, 6.07) is 24.1. The number of methoxy groups -OCH3 is 6. The highest BCUT2D eigenvalue weighted by Gasteiger charge is 2.14. The van der Waals surface area contributed by atoms with Crippen molar-refractivity contribution < 1.29 is 33.2 Å². The zero-order valence-electron chi connectivity index (χ0n) is 24.6. The van der Waals surface area contributed by atoms with Gasteiger partial charge in [0.1, 0.15) is 17.2 Å². The van der Waals surface area contributed by atoms with Crippen molar-refractivity contribution >= 4 is 0 Å². The van der Waals surface area contributed by atoms with Crippen LogP contribution in [0.3, 0.4) is 0 Å². The zero-order valence-corrected chi connectivity index (χ0v) is 24.6. The lowest BCUT2D eigenvalue weighted by molar-refractivity contribution is 0.324. The third-order valence-electron chi connectivity index (χ3n) is 6.89. The highest BCUT2D eigenvalue weighted by Crippen LogP contribution is 2.39. The molecule has 0 aromatic heterocycles. The number of aryl methyl sites for hydroxylation is 4. The zero-order chi connectivity index (χ0) is 29.2. The maximum atomic E-state index is 6.39. The lowest BCUT2D eigenvalue weighted by atomic mass is 10.0. The van der Waals surface area contributed by atoms with Gasteiger partial charge in [0.2, 0.25) is 5.75 Å². The van der Waals surface area contributed by atoms with Crippen molar-refractivity contribution in [2.24, 2.45) is 0 Å². The van der Waals surface area contributed by atoms with E-state index < -0.39 is 0 Å². The van der Waals surface area contributed by atoms with E-state index in [1.54, 1.807) is 42.7 Å². The average molecular weight is 559 g/mol. The van der Waals surface area contributed by atoms with E-state index in [1.165, 1.54) is 5.56 Å². The fourth-order valence-electron chi connectivity index (χ4n) is 4.72. The first-order valence-electron chi connectivity index (χ1n) is 13.4. The molecular formula is C34H38O7. The highest BCUT2D eigenvalue weighted by atomic mass is 16.5. The van der Waals surface area contributed by atoms with Crippen LogP contribution in [0.1, 0.15) is 22.3 Å². The van der Waals surface area contributed by atoms with Crippen LogP contribution < -0.4 is 33.2 Å². The molecule has 4 aromatic carbocycles. The van der Waals surface area contributed by atoms with Crippen LogP contribution in [0.4, 0.5) is 0 Å². The van der Waals surface area contributed by atoms with E-state index in [9.17, 15) is 0 Å². The molecule has 0 atom stereocenters. The van der Waals surface area contributed by atoms with Crippen LogP contribution in [0.2, 0.25) is 0 Å². The number of hydrogen-bond acceptors (Lipinski definition) is 7. The minimum absolute atomic E-state index is 0.583. The second kappa shape index (κ2) is 14.2. The minimum Gasteiger partial charge on any atom is -0.497 e. The first-order chi connectivity index (χ1) is 20.0. The van der Waals surface area contributed by atoms with Crippen LogP contribution >= 0.6 is 0 Å². The molecular weight excluding hydrogens is 520 g/mol. The predicted octanol–water partition coefficient (Wildman–Crippen LogP) is 7.10. The quantitative estimate of drug-likeness (QED) is 0.164. The predicted molar refractivity (Wildman–Crippen MR) is 160 cm³/mol. The first-order valence-corrected chi connectivity index (χ1v) is 13.4. The second-order valence-corrected chi connectivity index (χ2v) is 9.49. The summed E-state index contributed by atoms with van der Waals surface area (Å²) < 4.78 is 39.4. The van der Waals surface area contributed by atoms with E-state index >= 15 is 0 Å². The normalized spacial score (nSPS) is 10.6. The van der Waals surface area contributed by atoms with Crippen molar-refractivity contribution in [1.82, 2.24) is 0 Å². The van der Waals surface area contributed by atoms with Gasteiger partial charge in [-0.25, -0.2) is 0 Å². The van der Waals surface area contributed by atoms with Gasteiger partial charge in [0, 0.05) is 6.07 Å². The maximum absolute atomic E-state index is 6.39. The molecule has 0 saturated heterocycles. The number of benzene rings is 4. The van der Waals surface area contributed by atoms with Crippen LogP contribution in [0, 0.1) is 0 Å². The molecule has 0 spiro atoms. The molecule has 7 nitrogen and oxygen atoms in total. The van der Waals surface area contributed by atoms with E-state index in [2.05, 4.69) is 18.2 Å². The molecule has 0 unspecified atom stereocenters. The van der Waals surface area contributed by atoms with Gasteiger partial charge in [0.15, 0.2) is 23.0 Å². The van der Waals surface area contributed by atoms with Crippen LogP contribution in [0.15, 0.2) is 72.8 Å².